The second kappa shape index (κ2) is 8.84. The number of hydrogen-bond acceptors (Lipinski definition) is 5. The zero-order valence-corrected chi connectivity index (χ0v) is 19.6. The van der Waals surface area contributed by atoms with E-state index in [0.717, 1.165) is 17.1 Å². The molecule has 8 heteroatoms. The van der Waals surface area contributed by atoms with Gasteiger partial charge in [0.1, 0.15) is 5.82 Å². The lowest BCUT2D eigenvalue weighted by molar-refractivity contribution is 0.883. The fourth-order valence-corrected chi connectivity index (χ4v) is 4.53. The molecule has 3 aromatic carbocycles. The highest BCUT2D eigenvalue weighted by Gasteiger charge is 2.17. The summed E-state index contributed by atoms with van der Waals surface area (Å²) in [7, 11) is 0. The van der Waals surface area contributed by atoms with Gasteiger partial charge >= 0.3 is 0 Å². The van der Waals surface area contributed by atoms with Crippen molar-refractivity contribution in [2.45, 2.75) is 24.8 Å². The van der Waals surface area contributed by atoms with Crippen LogP contribution in [0.5, 0.6) is 0 Å². The zero-order valence-electron chi connectivity index (χ0n) is 18.0. The first-order valence-electron chi connectivity index (χ1n) is 10.4. The van der Waals surface area contributed by atoms with Gasteiger partial charge in [0, 0.05) is 16.3 Å². The largest absolute Gasteiger partial charge is 0.309 e. The molecule has 5 aromatic rings. The molecule has 0 atom stereocenters. The molecule has 0 radical (unpaired) electrons. The smallest absolute Gasteiger partial charge is 0.258 e. The van der Waals surface area contributed by atoms with E-state index >= 15 is 0 Å². The minimum Gasteiger partial charge on any atom is -0.309 e. The first-order chi connectivity index (χ1) is 16.0. The standard InChI is InChI=1S/C25H20ClN5OS/c1-15-3-7-17(8-4-15)23-29-30-25(31(23)19-10-5-16(2)6-11-19)33-14-22-27-21-13-18(26)9-12-20(21)24(32)28-22/h3-13H,14H2,1-2H3,(H,27,28,32). The Bertz CT molecular complexity index is 1510. The van der Waals surface area contributed by atoms with Crippen molar-refractivity contribution < 1.29 is 0 Å². The molecule has 0 bridgehead atoms. The Balaban J connectivity index is 1.53. The number of hydrogen-bond donors (Lipinski definition) is 1. The van der Waals surface area contributed by atoms with Crippen molar-refractivity contribution in [1.82, 2.24) is 24.7 Å². The van der Waals surface area contributed by atoms with E-state index in [1.54, 1.807) is 18.2 Å². The SMILES string of the molecule is Cc1ccc(-c2nnc(SCc3nc4cc(Cl)ccc4c(=O)[nH]3)n2-c2ccc(C)cc2)cc1. The molecule has 2 heterocycles. The Morgan fingerprint density at radius 3 is 2.36 bits per heavy atom. The summed E-state index contributed by atoms with van der Waals surface area (Å²) < 4.78 is 2.03. The average molecular weight is 474 g/mol. The number of thioether (sulfide) groups is 1. The van der Waals surface area contributed by atoms with Gasteiger partial charge in [0.15, 0.2) is 11.0 Å². The first kappa shape index (κ1) is 21.4. The van der Waals surface area contributed by atoms with Crippen LogP contribution in [0, 0.1) is 13.8 Å². The topological polar surface area (TPSA) is 76.5 Å². The maximum Gasteiger partial charge on any atom is 0.258 e. The van der Waals surface area contributed by atoms with Gasteiger partial charge in [-0.25, -0.2) is 4.98 Å². The fourth-order valence-electron chi connectivity index (χ4n) is 3.54. The molecule has 164 valence electrons. The maximum absolute atomic E-state index is 12.5. The third-order valence-electron chi connectivity index (χ3n) is 5.29. The number of nitrogens with zero attached hydrogens (tertiary/aromatic N) is 4. The van der Waals surface area contributed by atoms with E-state index in [1.165, 1.54) is 22.9 Å². The molecular formula is C25H20ClN5OS. The number of nitrogens with one attached hydrogen (secondary N) is 1. The molecule has 0 unspecified atom stereocenters. The number of aromatic amines is 1. The highest BCUT2D eigenvalue weighted by molar-refractivity contribution is 7.98. The van der Waals surface area contributed by atoms with Crippen molar-refractivity contribution in [3.8, 4) is 17.1 Å². The monoisotopic (exact) mass is 473 g/mol. The minimum absolute atomic E-state index is 0.187. The number of H-pyrrole nitrogens is 1. The van der Waals surface area contributed by atoms with E-state index in [2.05, 4.69) is 70.4 Å². The molecule has 33 heavy (non-hydrogen) atoms. The van der Waals surface area contributed by atoms with E-state index in [9.17, 15) is 4.79 Å². The van der Waals surface area contributed by atoms with Crippen molar-refractivity contribution in [3.05, 3.63) is 99.1 Å². The summed E-state index contributed by atoms with van der Waals surface area (Å²) in [5.74, 6) is 1.73. The molecule has 5 rings (SSSR count). The van der Waals surface area contributed by atoms with Crippen LogP contribution >= 0.6 is 23.4 Å². The molecule has 6 nitrogen and oxygen atoms in total. The summed E-state index contributed by atoms with van der Waals surface area (Å²) in [5, 5.41) is 10.7. The molecule has 0 amide bonds. The van der Waals surface area contributed by atoms with E-state index < -0.39 is 0 Å². The quantitative estimate of drug-likeness (QED) is 0.330. The van der Waals surface area contributed by atoms with Gasteiger partial charge in [0.05, 0.1) is 16.7 Å². The highest BCUT2D eigenvalue weighted by Crippen LogP contribution is 2.29. The predicted molar refractivity (Wildman–Crippen MR) is 133 cm³/mol. The normalized spacial score (nSPS) is 11.2. The molecule has 0 saturated heterocycles. The predicted octanol–water partition coefficient (Wildman–Crippen LogP) is 5.73. The Morgan fingerprint density at radius 2 is 1.64 bits per heavy atom. The van der Waals surface area contributed by atoms with Gasteiger partial charge < -0.3 is 4.98 Å². The first-order valence-corrected chi connectivity index (χ1v) is 11.7. The summed E-state index contributed by atoms with van der Waals surface area (Å²) in [6, 6.07) is 21.5. The van der Waals surface area contributed by atoms with Crippen molar-refractivity contribution in [1.29, 1.82) is 0 Å². The Hall–Kier alpha value is -3.42. The van der Waals surface area contributed by atoms with Gasteiger partial charge in [0.2, 0.25) is 0 Å². The van der Waals surface area contributed by atoms with Crippen molar-refractivity contribution in [2.24, 2.45) is 0 Å². The molecule has 0 fully saturated rings. The van der Waals surface area contributed by atoms with Gasteiger partial charge in [-0.1, -0.05) is 70.9 Å². The second-order valence-corrected chi connectivity index (χ2v) is 9.18. The maximum atomic E-state index is 12.5. The zero-order chi connectivity index (χ0) is 22.9. The lowest BCUT2D eigenvalue weighted by Gasteiger charge is -2.11. The van der Waals surface area contributed by atoms with Gasteiger partial charge in [-0.15, -0.1) is 10.2 Å². The van der Waals surface area contributed by atoms with Crippen LogP contribution in [-0.2, 0) is 5.75 Å². The molecule has 0 aliphatic rings. The number of aryl methyl sites for hydroxylation is 2. The molecule has 0 spiro atoms. The molecule has 1 N–H and O–H groups in total. The van der Waals surface area contributed by atoms with Crippen LogP contribution in [0.3, 0.4) is 0 Å². The number of benzene rings is 3. The van der Waals surface area contributed by atoms with Crippen molar-refractivity contribution in [2.75, 3.05) is 0 Å². The molecule has 0 aliphatic carbocycles. The van der Waals surface area contributed by atoms with Gasteiger partial charge in [-0.2, -0.15) is 0 Å². The number of rotatable bonds is 5. The van der Waals surface area contributed by atoms with Gasteiger partial charge in [-0.3, -0.25) is 9.36 Å². The molecule has 0 aliphatic heterocycles. The third kappa shape index (κ3) is 4.42. The molecular weight excluding hydrogens is 454 g/mol. The average Bonchev–Trinajstić information content (AvgIpc) is 3.22. The van der Waals surface area contributed by atoms with Crippen LogP contribution in [0.15, 0.2) is 76.7 Å². The Morgan fingerprint density at radius 1 is 0.939 bits per heavy atom. The van der Waals surface area contributed by atoms with Gasteiger partial charge in [-0.05, 0) is 44.2 Å². The summed E-state index contributed by atoms with van der Waals surface area (Å²) in [4.78, 5) is 19.9. The van der Waals surface area contributed by atoms with Crippen LogP contribution < -0.4 is 5.56 Å². The van der Waals surface area contributed by atoms with E-state index in [0.29, 0.717) is 32.7 Å². The van der Waals surface area contributed by atoms with Crippen molar-refractivity contribution in [3.63, 3.8) is 0 Å². The minimum atomic E-state index is -0.187. The third-order valence-corrected chi connectivity index (χ3v) is 6.47. The van der Waals surface area contributed by atoms with E-state index in [1.807, 2.05) is 16.7 Å². The molecule has 0 saturated carbocycles. The van der Waals surface area contributed by atoms with E-state index in [4.69, 9.17) is 11.6 Å². The van der Waals surface area contributed by atoms with Crippen molar-refractivity contribution >= 4 is 34.3 Å². The summed E-state index contributed by atoms with van der Waals surface area (Å²) in [6.07, 6.45) is 0. The second-order valence-electron chi connectivity index (χ2n) is 7.81. The Kier molecular flexibility index (Phi) is 5.74. The number of halogens is 1. The summed E-state index contributed by atoms with van der Waals surface area (Å²) in [6.45, 7) is 4.11. The number of aromatic nitrogens is 5. The van der Waals surface area contributed by atoms with Gasteiger partial charge in [0.25, 0.3) is 5.56 Å². The van der Waals surface area contributed by atoms with E-state index in [-0.39, 0.29) is 5.56 Å². The lowest BCUT2D eigenvalue weighted by Crippen LogP contribution is -2.11. The van der Waals surface area contributed by atoms with Crippen LogP contribution in [-0.4, -0.2) is 24.7 Å². The van der Waals surface area contributed by atoms with Crippen LogP contribution in [0.1, 0.15) is 17.0 Å². The highest BCUT2D eigenvalue weighted by atomic mass is 35.5. The fraction of sp³-hybridized carbons (Fsp3) is 0.120. The molecule has 2 aromatic heterocycles. The van der Waals surface area contributed by atoms with Crippen LogP contribution in [0.25, 0.3) is 28.0 Å². The lowest BCUT2D eigenvalue weighted by atomic mass is 10.1. The summed E-state index contributed by atoms with van der Waals surface area (Å²) in [5.41, 5.74) is 4.69. The Labute approximate surface area is 199 Å². The summed E-state index contributed by atoms with van der Waals surface area (Å²) >= 11 is 7.55. The van der Waals surface area contributed by atoms with Crippen LogP contribution in [0.2, 0.25) is 5.02 Å². The number of fused-ring (bicyclic) bond motifs is 1. The van der Waals surface area contributed by atoms with Crippen LogP contribution in [0.4, 0.5) is 0 Å².